The van der Waals surface area contributed by atoms with E-state index in [4.69, 9.17) is 0 Å². The lowest BCUT2D eigenvalue weighted by Crippen LogP contribution is -1.80. The van der Waals surface area contributed by atoms with E-state index in [1.165, 1.54) is 0 Å². The highest BCUT2D eigenvalue weighted by Gasteiger charge is 1.60. The van der Waals surface area contributed by atoms with Gasteiger partial charge in [-0.15, -0.1) is 0 Å². The van der Waals surface area contributed by atoms with Gasteiger partial charge in [-0.25, -0.2) is 0 Å². The van der Waals surface area contributed by atoms with Gasteiger partial charge in [-0.2, -0.15) is 0 Å². The van der Waals surface area contributed by atoms with Crippen molar-refractivity contribution in [3.8, 4) is 0 Å². The van der Waals surface area contributed by atoms with Crippen molar-refractivity contribution in [3.05, 3.63) is 0 Å². The minimum absolute atomic E-state index is 0. The summed E-state index contributed by atoms with van der Waals surface area (Å²) < 4.78 is 4.15. The third-order valence-electron chi connectivity index (χ3n) is 0.235. The van der Waals surface area contributed by atoms with E-state index in [0.29, 0.717) is 13.1 Å². The molecule has 0 fully saturated rings. The van der Waals surface area contributed by atoms with Crippen LogP contribution in [-0.4, -0.2) is 21.5 Å². The van der Waals surface area contributed by atoms with Gasteiger partial charge in [0.05, 0.1) is 15.0 Å². The minimum atomic E-state index is 0. The molecule has 0 saturated carbocycles. The number of hydrogen-bond donors (Lipinski definition) is 0. The first-order valence-corrected chi connectivity index (χ1v) is 1.47. The van der Waals surface area contributed by atoms with E-state index in [0.717, 1.165) is 0 Å². The molecule has 0 spiro atoms. The predicted octanol–water partition coefficient (Wildman–Crippen LogP) is -0.547. The standard InChI is InChI=1S/C3H6O2.BH3.3FH/c1-2-5-3-4;;;;/h3H,2H2,1H3;1H3;3*1H. The van der Waals surface area contributed by atoms with E-state index < -0.39 is 0 Å². The predicted molar refractivity (Wildman–Crippen MR) is 35.1 cm³/mol. The monoisotopic (exact) mass is 148 g/mol. The molecule has 0 amide bonds. The van der Waals surface area contributed by atoms with Crippen LogP contribution in [0, 0.1) is 0 Å². The number of hydrogen-bond acceptors (Lipinski definition) is 2. The summed E-state index contributed by atoms with van der Waals surface area (Å²) in [6, 6.07) is 0. The highest BCUT2D eigenvalue weighted by molar-refractivity contribution is 5.75. The second kappa shape index (κ2) is 54.2. The molecular weight excluding hydrogens is 136 g/mol. The lowest BCUT2D eigenvalue weighted by atomic mass is 10.8. The summed E-state index contributed by atoms with van der Waals surface area (Å²) in [4.78, 5) is 9.18. The van der Waals surface area contributed by atoms with Gasteiger partial charge in [-0.3, -0.25) is 18.9 Å². The summed E-state index contributed by atoms with van der Waals surface area (Å²) >= 11 is 0. The molecule has 6 heteroatoms. The average molecular weight is 148 g/mol. The van der Waals surface area contributed by atoms with Gasteiger partial charge >= 0.3 is 0 Å². The second-order valence-corrected chi connectivity index (χ2v) is 0.552. The van der Waals surface area contributed by atoms with Crippen molar-refractivity contribution in [2.75, 3.05) is 6.61 Å². The van der Waals surface area contributed by atoms with Gasteiger partial charge in [-0.1, -0.05) is 0 Å². The van der Waals surface area contributed by atoms with Crippen molar-refractivity contribution in [1.29, 1.82) is 0 Å². The molecule has 0 aromatic rings. The number of rotatable bonds is 2. The molecule has 0 bridgehead atoms. The lowest BCUT2D eigenvalue weighted by molar-refractivity contribution is -0.128. The van der Waals surface area contributed by atoms with Crippen LogP contribution in [0.15, 0.2) is 0 Å². The lowest BCUT2D eigenvalue weighted by Gasteiger charge is -1.79. The molecule has 0 heterocycles. The summed E-state index contributed by atoms with van der Waals surface area (Å²) in [6.45, 7) is 2.66. The van der Waals surface area contributed by atoms with Gasteiger partial charge in [-0.05, 0) is 6.92 Å². The summed E-state index contributed by atoms with van der Waals surface area (Å²) in [6.07, 6.45) is 0. The zero-order valence-corrected chi connectivity index (χ0v) is 4.33. The van der Waals surface area contributed by atoms with E-state index in [-0.39, 0.29) is 22.5 Å². The molecule has 0 unspecified atom stereocenters. The average Bonchev–Trinajstić information content (AvgIpc) is 1.41. The smallest absolute Gasteiger partial charge is 0.293 e. The normalized spacial score (nSPS) is 3.67. The number of ether oxygens (including phenoxy) is 1. The Morgan fingerprint density at radius 3 is 1.67 bits per heavy atom. The van der Waals surface area contributed by atoms with Crippen molar-refractivity contribution in [3.63, 3.8) is 0 Å². The van der Waals surface area contributed by atoms with Crippen LogP contribution >= 0.6 is 0 Å². The van der Waals surface area contributed by atoms with Crippen LogP contribution in [0.2, 0.25) is 0 Å². The number of carbonyl (C=O) groups is 1. The van der Waals surface area contributed by atoms with Gasteiger partial charge in [0, 0.05) is 0 Å². The van der Waals surface area contributed by atoms with Gasteiger partial charge in [0.25, 0.3) is 6.47 Å². The molecular formula is C3H12BF3O2. The first-order valence-electron chi connectivity index (χ1n) is 1.47. The van der Waals surface area contributed by atoms with E-state index >= 15 is 0 Å². The van der Waals surface area contributed by atoms with Crippen molar-refractivity contribution >= 4 is 14.9 Å². The maximum Gasteiger partial charge on any atom is 0.293 e. The van der Waals surface area contributed by atoms with Gasteiger partial charge < -0.3 is 4.74 Å². The molecule has 0 rings (SSSR count). The maximum absolute atomic E-state index is 9.18. The second-order valence-electron chi connectivity index (χ2n) is 0.552. The third kappa shape index (κ3) is 118. The van der Waals surface area contributed by atoms with Crippen LogP contribution in [0.5, 0.6) is 0 Å². The molecule has 60 valence electrons. The zero-order valence-electron chi connectivity index (χ0n) is 4.33. The number of halogens is 3. The van der Waals surface area contributed by atoms with Crippen LogP contribution in [0.1, 0.15) is 6.92 Å². The van der Waals surface area contributed by atoms with Crippen LogP contribution in [0.25, 0.3) is 0 Å². The Labute approximate surface area is 53.3 Å². The molecule has 0 aliphatic rings. The highest BCUT2D eigenvalue weighted by atomic mass is 19.0. The van der Waals surface area contributed by atoms with Gasteiger partial charge in [0.15, 0.2) is 0 Å². The molecule has 2 nitrogen and oxygen atoms in total. The Hall–Kier alpha value is -0.675. The van der Waals surface area contributed by atoms with Crippen molar-refractivity contribution in [2.24, 2.45) is 0 Å². The number of carbonyl (C=O) groups excluding carboxylic acids is 1. The maximum atomic E-state index is 9.18. The van der Waals surface area contributed by atoms with Crippen LogP contribution < -0.4 is 0 Å². The summed E-state index contributed by atoms with van der Waals surface area (Å²) in [5, 5.41) is 0. The summed E-state index contributed by atoms with van der Waals surface area (Å²) in [5.74, 6) is 0. The first kappa shape index (κ1) is 40.4. The molecule has 0 atom stereocenters. The van der Waals surface area contributed by atoms with E-state index in [1.807, 2.05) is 0 Å². The van der Waals surface area contributed by atoms with Crippen molar-refractivity contribution in [2.45, 2.75) is 6.92 Å². The summed E-state index contributed by atoms with van der Waals surface area (Å²) in [7, 11) is 0. The Morgan fingerprint density at radius 1 is 1.33 bits per heavy atom. The molecule has 0 aliphatic heterocycles. The highest BCUT2D eigenvalue weighted by Crippen LogP contribution is 1.55. The largest absolute Gasteiger partial charge is 0.468 e. The Kier molecular flexibility index (Phi) is 243. The van der Waals surface area contributed by atoms with Gasteiger partial charge in [0.2, 0.25) is 0 Å². The molecule has 0 N–H and O–H groups in total. The molecule has 0 aromatic heterocycles. The van der Waals surface area contributed by atoms with Crippen molar-refractivity contribution in [1.82, 2.24) is 0 Å². The van der Waals surface area contributed by atoms with Crippen LogP contribution in [0.4, 0.5) is 14.1 Å². The Morgan fingerprint density at radius 2 is 1.67 bits per heavy atom. The summed E-state index contributed by atoms with van der Waals surface area (Å²) in [5.41, 5.74) is 0. The van der Waals surface area contributed by atoms with Crippen molar-refractivity contribution < 1.29 is 23.6 Å². The molecule has 0 aromatic carbocycles. The molecule has 0 saturated heterocycles. The first-order chi connectivity index (χ1) is 2.41. The fourth-order valence-corrected chi connectivity index (χ4v) is 0.0680. The Balaban J connectivity index is -0.0000000133. The quantitative estimate of drug-likeness (QED) is 0.388. The van der Waals surface area contributed by atoms with E-state index in [9.17, 15) is 4.79 Å². The van der Waals surface area contributed by atoms with Crippen LogP contribution in [0.3, 0.4) is 0 Å². The SMILES string of the molecule is B.CCOC=O.F.F.F. The fourth-order valence-electron chi connectivity index (χ4n) is 0.0680. The van der Waals surface area contributed by atoms with Crippen LogP contribution in [-0.2, 0) is 9.53 Å². The van der Waals surface area contributed by atoms with E-state index in [2.05, 4.69) is 4.74 Å². The Bertz CT molecular complexity index is 38.2. The topological polar surface area (TPSA) is 26.3 Å². The molecule has 0 aliphatic carbocycles. The van der Waals surface area contributed by atoms with Gasteiger partial charge in [0.1, 0.15) is 0 Å². The zero-order chi connectivity index (χ0) is 4.12. The van der Waals surface area contributed by atoms with E-state index in [1.54, 1.807) is 6.92 Å². The molecule has 9 heavy (non-hydrogen) atoms. The minimum Gasteiger partial charge on any atom is -0.468 e. The fraction of sp³-hybridized carbons (Fsp3) is 0.667. The molecule has 0 radical (unpaired) electrons. The third-order valence-corrected chi connectivity index (χ3v) is 0.235.